The highest BCUT2D eigenvalue weighted by atomic mass is 19.1. The smallest absolute Gasteiger partial charge is 0.313 e. The van der Waals surface area contributed by atoms with Crippen molar-refractivity contribution in [3.05, 3.63) is 77.6 Å². The summed E-state index contributed by atoms with van der Waals surface area (Å²) in [6, 6.07) is 12.9. The molecular formula is C23H24FNO4. The third kappa shape index (κ3) is 4.65. The van der Waals surface area contributed by atoms with E-state index in [1.54, 1.807) is 36.4 Å². The molecule has 3 atom stereocenters. The fraction of sp³-hybridized carbons (Fsp3) is 0.304. The highest BCUT2D eigenvalue weighted by Gasteiger charge is 2.35. The van der Waals surface area contributed by atoms with Crippen LogP contribution in [-0.4, -0.2) is 31.6 Å². The van der Waals surface area contributed by atoms with Crippen molar-refractivity contribution in [2.75, 3.05) is 13.7 Å². The fourth-order valence-electron chi connectivity index (χ4n) is 3.65. The van der Waals surface area contributed by atoms with Crippen LogP contribution < -0.4 is 10.1 Å². The zero-order valence-corrected chi connectivity index (χ0v) is 16.4. The van der Waals surface area contributed by atoms with Crippen molar-refractivity contribution in [2.45, 2.75) is 25.3 Å². The van der Waals surface area contributed by atoms with Gasteiger partial charge in [-0.2, -0.15) is 0 Å². The number of halogens is 1. The van der Waals surface area contributed by atoms with E-state index in [0.29, 0.717) is 29.9 Å². The molecule has 29 heavy (non-hydrogen) atoms. The quantitative estimate of drug-likeness (QED) is 0.569. The molecule has 1 aliphatic rings. The van der Waals surface area contributed by atoms with Crippen LogP contribution in [0.25, 0.3) is 0 Å². The lowest BCUT2D eigenvalue weighted by molar-refractivity contribution is -0.143. The molecule has 0 spiro atoms. The maximum absolute atomic E-state index is 14.3. The topological polar surface area (TPSA) is 64.6 Å². The largest absolute Gasteiger partial charge is 0.493 e. The van der Waals surface area contributed by atoms with Gasteiger partial charge >= 0.3 is 5.97 Å². The Bertz CT molecular complexity index is 911. The Labute approximate surface area is 169 Å². The third-order valence-corrected chi connectivity index (χ3v) is 4.99. The van der Waals surface area contributed by atoms with Gasteiger partial charge in [0.2, 0.25) is 0 Å². The lowest BCUT2D eigenvalue weighted by atomic mass is 9.85. The maximum Gasteiger partial charge on any atom is 0.313 e. The van der Waals surface area contributed by atoms with E-state index in [1.807, 2.05) is 25.1 Å². The molecule has 0 bridgehead atoms. The molecule has 1 aliphatic carbocycles. The minimum absolute atomic E-state index is 0.259. The van der Waals surface area contributed by atoms with Crippen molar-refractivity contribution in [2.24, 2.45) is 5.92 Å². The summed E-state index contributed by atoms with van der Waals surface area (Å²) in [5.41, 5.74) is 0.743. The summed E-state index contributed by atoms with van der Waals surface area (Å²) < 4.78 is 24.8. The average molecular weight is 397 g/mol. The molecule has 0 saturated heterocycles. The monoisotopic (exact) mass is 397 g/mol. The first kappa shape index (κ1) is 20.6. The van der Waals surface area contributed by atoms with Crippen molar-refractivity contribution < 1.29 is 23.5 Å². The molecular weight excluding hydrogens is 373 g/mol. The average Bonchev–Trinajstić information content (AvgIpc) is 3.18. The van der Waals surface area contributed by atoms with E-state index in [0.717, 1.165) is 0 Å². The first-order valence-electron chi connectivity index (χ1n) is 9.58. The summed E-state index contributed by atoms with van der Waals surface area (Å²) in [6.45, 7) is 2.31. The van der Waals surface area contributed by atoms with Gasteiger partial charge in [-0.05, 0) is 37.5 Å². The van der Waals surface area contributed by atoms with E-state index < -0.39 is 17.7 Å². The number of benzene rings is 2. The number of nitrogens with one attached hydrogen (secondary N) is 1. The number of hydrogen-bond donors (Lipinski definition) is 1. The van der Waals surface area contributed by atoms with Crippen LogP contribution in [0.5, 0.6) is 5.75 Å². The van der Waals surface area contributed by atoms with E-state index in [2.05, 4.69) is 5.32 Å². The highest BCUT2D eigenvalue weighted by Crippen LogP contribution is 2.35. The lowest BCUT2D eigenvalue weighted by Gasteiger charge is -2.22. The number of esters is 1. The second-order valence-electron chi connectivity index (χ2n) is 6.82. The predicted molar refractivity (Wildman–Crippen MR) is 107 cm³/mol. The van der Waals surface area contributed by atoms with Gasteiger partial charge < -0.3 is 14.8 Å². The number of hydrogen-bond acceptors (Lipinski definition) is 4. The molecule has 2 aromatic rings. The summed E-state index contributed by atoms with van der Waals surface area (Å²) in [5, 5.41) is 2.95. The van der Waals surface area contributed by atoms with Crippen molar-refractivity contribution in [3.63, 3.8) is 0 Å². The van der Waals surface area contributed by atoms with Gasteiger partial charge in [-0.25, -0.2) is 4.39 Å². The summed E-state index contributed by atoms with van der Waals surface area (Å²) in [4.78, 5) is 25.1. The molecule has 0 aliphatic heterocycles. The van der Waals surface area contributed by atoms with Crippen LogP contribution in [0.3, 0.4) is 0 Å². The molecule has 1 amide bonds. The second kappa shape index (κ2) is 9.37. The molecule has 0 aromatic heterocycles. The van der Waals surface area contributed by atoms with Gasteiger partial charge in [-0.15, -0.1) is 0 Å². The normalized spacial score (nSPS) is 18.9. The van der Waals surface area contributed by atoms with Crippen LogP contribution in [0.2, 0.25) is 0 Å². The first-order chi connectivity index (χ1) is 14.0. The van der Waals surface area contributed by atoms with E-state index in [9.17, 15) is 14.0 Å². The van der Waals surface area contributed by atoms with Gasteiger partial charge in [-0.1, -0.05) is 42.5 Å². The Kier molecular flexibility index (Phi) is 6.65. The molecule has 1 N–H and O–H groups in total. The number of ether oxygens (including phenoxy) is 2. The third-order valence-electron chi connectivity index (χ3n) is 4.99. The maximum atomic E-state index is 14.3. The number of methoxy groups -OCH3 is 1. The standard InChI is InChI=1S/C23H24FNO4/c1-3-29-20-11-7-5-9-18(20)22(26)25-16-13-12-15(14-16)21(23(27)28-2)17-8-4-6-10-19(17)24/h4-13,15-16,21H,3,14H2,1-2H3,(H,25,26). The molecule has 5 nitrogen and oxygen atoms in total. The molecule has 152 valence electrons. The van der Waals surface area contributed by atoms with Crippen LogP contribution in [-0.2, 0) is 9.53 Å². The van der Waals surface area contributed by atoms with Crippen LogP contribution in [0, 0.1) is 11.7 Å². The van der Waals surface area contributed by atoms with Crippen molar-refractivity contribution >= 4 is 11.9 Å². The van der Waals surface area contributed by atoms with Crippen molar-refractivity contribution in [3.8, 4) is 5.75 Å². The molecule has 0 radical (unpaired) electrons. The van der Waals surface area contributed by atoms with Crippen LogP contribution >= 0.6 is 0 Å². The number of amides is 1. The summed E-state index contributed by atoms with van der Waals surface area (Å²) in [6.07, 6.45) is 4.15. The predicted octanol–water partition coefficient (Wildman–Crippen LogP) is 3.86. The number of allylic oxidation sites excluding steroid dienone is 1. The number of carbonyl (C=O) groups is 2. The minimum Gasteiger partial charge on any atom is -0.493 e. The van der Waals surface area contributed by atoms with Crippen LogP contribution in [0.15, 0.2) is 60.7 Å². The van der Waals surface area contributed by atoms with Crippen molar-refractivity contribution in [1.82, 2.24) is 5.32 Å². The fourth-order valence-corrected chi connectivity index (χ4v) is 3.65. The second-order valence-corrected chi connectivity index (χ2v) is 6.82. The Morgan fingerprint density at radius 3 is 2.59 bits per heavy atom. The molecule has 0 fully saturated rings. The van der Waals surface area contributed by atoms with Gasteiger partial charge in [0.05, 0.1) is 25.2 Å². The van der Waals surface area contributed by atoms with Gasteiger partial charge in [0.1, 0.15) is 11.6 Å². The zero-order valence-electron chi connectivity index (χ0n) is 16.4. The van der Waals surface area contributed by atoms with Gasteiger partial charge in [0, 0.05) is 11.6 Å². The van der Waals surface area contributed by atoms with E-state index >= 15 is 0 Å². The molecule has 3 unspecified atom stereocenters. The molecule has 3 rings (SSSR count). The van der Waals surface area contributed by atoms with Crippen LogP contribution in [0.1, 0.15) is 35.2 Å². The SMILES string of the molecule is CCOc1ccccc1C(=O)NC1C=CC(C(C(=O)OC)c2ccccc2F)C1. The minimum atomic E-state index is -0.768. The van der Waals surface area contributed by atoms with E-state index in [4.69, 9.17) is 9.47 Å². The van der Waals surface area contributed by atoms with E-state index in [-0.39, 0.29) is 17.9 Å². The Morgan fingerprint density at radius 2 is 1.86 bits per heavy atom. The summed E-state index contributed by atoms with van der Waals surface area (Å²) in [5.74, 6) is -1.75. The van der Waals surface area contributed by atoms with Gasteiger partial charge in [0.15, 0.2) is 0 Å². The zero-order chi connectivity index (χ0) is 20.8. The lowest BCUT2D eigenvalue weighted by Crippen LogP contribution is -2.34. The number of para-hydroxylation sites is 1. The van der Waals surface area contributed by atoms with E-state index in [1.165, 1.54) is 13.2 Å². The first-order valence-corrected chi connectivity index (χ1v) is 9.58. The molecule has 0 heterocycles. The number of carbonyl (C=O) groups excluding carboxylic acids is 2. The molecule has 2 aromatic carbocycles. The van der Waals surface area contributed by atoms with Gasteiger partial charge in [-0.3, -0.25) is 9.59 Å². The number of rotatable bonds is 7. The van der Waals surface area contributed by atoms with Gasteiger partial charge in [0.25, 0.3) is 5.91 Å². The summed E-state index contributed by atoms with van der Waals surface area (Å²) in [7, 11) is 1.29. The highest BCUT2D eigenvalue weighted by molar-refractivity contribution is 5.97. The molecule has 0 saturated carbocycles. The van der Waals surface area contributed by atoms with Crippen molar-refractivity contribution in [1.29, 1.82) is 0 Å². The Hall–Kier alpha value is -3.15. The molecule has 6 heteroatoms. The summed E-state index contributed by atoms with van der Waals surface area (Å²) >= 11 is 0. The Balaban J connectivity index is 1.74. The Morgan fingerprint density at radius 1 is 1.14 bits per heavy atom. The van der Waals surface area contributed by atoms with Crippen LogP contribution in [0.4, 0.5) is 4.39 Å².